The molecule has 114 valence electrons. The van der Waals surface area contributed by atoms with E-state index in [1.807, 2.05) is 6.07 Å². The number of pyridine rings is 1. The minimum Gasteiger partial charge on any atom is -0.308 e. The summed E-state index contributed by atoms with van der Waals surface area (Å²) in [6, 6.07) is 8.39. The second-order valence-corrected chi connectivity index (χ2v) is 7.19. The highest BCUT2D eigenvalue weighted by molar-refractivity contribution is 9.10. The van der Waals surface area contributed by atoms with Crippen LogP contribution in [0.4, 0.5) is 22.0 Å². The predicted octanol–water partition coefficient (Wildman–Crippen LogP) is 2.74. The van der Waals surface area contributed by atoms with Gasteiger partial charge in [-0.15, -0.1) is 0 Å². The van der Waals surface area contributed by atoms with Crippen LogP contribution in [0.1, 0.15) is 5.56 Å². The van der Waals surface area contributed by atoms with E-state index in [4.69, 9.17) is 0 Å². The predicted molar refractivity (Wildman–Crippen MR) is 87.3 cm³/mol. The Kier molecular flexibility index (Phi) is 3.75. The molecule has 1 aliphatic heterocycles. The third kappa shape index (κ3) is 3.04. The monoisotopic (exact) mass is 382 g/mol. The van der Waals surface area contributed by atoms with Gasteiger partial charge in [-0.2, -0.15) is 0 Å². The molecule has 2 heterocycles. The summed E-state index contributed by atoms with van der Waals surface area (Å²) < 4.78 is 26.3. The SMILES string of the molecule is O=C(Nc1ccccc1)Nc1ncc(Br)c2c1NS(=O)(=O)C2. The summed E-state index contributed by atoms with van der Waals surface area (Å²) in [5.41, 5.74) is 1.46. The quantitative estimate of drug-likeness (QED) is 0.743. The number of nitrogens with zero attached hydrogens (tertiary/aromatic N) is 1. The van der Waals surface area contributed by atoms with Gasteiger partial charge in [-0.25, -0.2) is 18.2 Å². The maximum absolute atomic E-state index is 12.0. The molecular weight excluding hydrogens is 372 g/mol. The molecule has 3 N–H and O–H groups in total. The smallest absolute Gasteiger partial charge is 0.308 e. The second-order valence-electron chi connectivity index (χ2n) is 4.61. The number of carbonyl (C=O) groups excluding carboxylic acids is 1. The second kappa shape index (κ2) is 5.58. The van der Waals surface area contributed by atoms with Crippen LogP contribution in [0.2, 0.25) is 0 Å². The van der Waals surface area contributed by atoms with E-state index < -0.39 is 16.1 Å². The molecule has 9 heteroatoms. The fourth-order valence-corrected chi connectivity index (χ4v) is 3.95. The van der Waals surface area contributed by atoms with Gasteiger partial charge in [0.1, 0.15) is 0 Å². The molecule has 3 rings (SSSR count). The summed E-state index contributed by atoms with van der Waals surface area (Å²) in [4.78, 5) is 16.0. The van der Waals surface area contributed by atoms with E-state index in [-0.39, 0.29) is 17.3 Å². The molecule has 0 spiro atoms. The van der Waals surface area contributed by atoms with Gasteiger partial charge in [-0.05, 0) is 28.1 Å². The molecule has 0 atom stereocenters. The van der Waals surface area contributed by atoms with Crippen LogP contribution in [0.5, 0.6) is 0 Å². The van der Waals surface area contributed by atoms with Crippen molar-refractivity contribution in [3.63, 3.8) is 0 Å². The van der Waals surface area contributed by atoms with E-state index in [1.54, 1.807) is 24.3 Å². The normalized spacial score (nSPS) is 14.8. The van der Waals surface area contributed by atoms with Gasteiger partial charge < -0.3 is 5.32 Å². The molecule has 0 fully saturated rings. The van der Waals surface area contributed by atoms with Crippen molar-refractivity contribution in [2.75, 3.05) is 15.4 Å². The van der Waals surface area contributed by atoms with Crippen LogP contribution in [-0.4, -0.2) is 19.4 Å². The van der Waals surface area contributed by atoms with Crippen molar-refractivity contribution in [1.82, 2.24) is 4.98 Å². The lowest BCUT2D eigenvalue weighted by molar-refractivity contribution is 0.262. The molecular formula is C13H11BrN4O3S. The number of benzene rings is 1. The lowest BCUT2D eigenvalue weighted by atomic mass is 10.2. The molecule has 0 unspecified atom stereocenters. The van der Waals surface area contributed by atoms with Crippen LogP contribution in [0.15, 0.2) is 41.0 Å². The molecule has 0 aliphatic carbocycles. The highest BCUT2D eigenvalue weighted by Gasteiger charge is 2.29. The number of anilines is 3. The van der Waals surface area contributed by atoms with E-state index in [2.05, 4.69) is 36.3 Å². The lowest BCUT2D eigenvalue weighted by Crippen LogP contribution is -2.21. The summed E-state index contributed by atoms with van der Waals surface area (Å²) in [6.45, 7) is 0. The minimum absolute atomic E-state index is 0.152. The van der Waals surface area contributed by atoms with Gasteiger partial charge in [0.25, 0.3) is 0 Å². The Labute approximate surface area is 135 Å². The number of fused-ring (bicyclic) bond motifs is 1. The zero-order valence-electron chi connectivity index (χ0n) is 11.1. The third-order valence-electron chi connectivity index (χ3n) is 2.99. The largest absolute Gasteiger partial charge is 0.324 e. The summed E-state index contributed by atoms with van der Waals surface area (Å²) in [5.74, 6) is 0.00755. The maximum Gasteiger partial charge on any atom is 0.324 e. The molecule has 2 amide bonds. The summed E-state index contributed by atoms with van der Waals surface area (Å²) in [7, 11) is -3.44. The highest BCUT2D eigenvalue weighted by atomic mass is 79.9. The fourth-order valence-electron chi connectivity index (χ4n) is 2.04. The van der Waals surface area contributed by atoms with E-state index in [0.717, 1.165) is 0 Å². The van der Waals surface area contributed by atoms with Crippen molar-refractivity contribution in [2.45, 2.75) is 5.75 Å². The number of sulfonamides is 1. The zero-order chi connectivity index (χ0) is 15.7. The van der Waals surface area contributed by atoms with Gasteiger partial charge in [0.2, 0.25) is 10.0 Å². The number of rotatable bonds is 2. The number of urea groups is 1. The highest BCUT2D eigenvalue weighted by Crippen LogP contribution is 2.37. The van der Waals surface area contributed by atoms with Crippen LogP contribution in [0.3, 0.4) is 0 Å². The molecule has 0 bridgehead atoms. The molecule has 22 heavy (non-hydrogen) atoms. The maximum atomic E-state index is 12.0. The average molecular weight is 383 g/mol. The minimum atomic E-state index is -3.44. The number of nitrogens with one attached hydrogen (secondary N) is 3. The molecule has 7 nitrogen and oxygen atoms in total. The molecule has 1 aliphatic rings. The number of para-hydroxylation sites is 1. The van der Waals surface area contributed by atoms with Crippen molar-refractivity contribution in [3.05, 3.63) is 46.6 Å². The van der Waals surface area contributed by atoms with E-state index in [9.17, 15) is 13.2 Å². The van der Waals surface area contributed by atoms with E-state index >= 15 is 0 Å². The van der Waals surface area contributed by atoms with Gasteiger partial charge in [0.15, 0.2) is 5.82 Å². The molecule has 1 aromatic carbocycles. The van der Waals surface area contributed by atoms with E-state index in [0.29, 0.717) is 15.7 Å². The van der Waals surface area contributed by atoms with Crippen molar-refractivity contribution in [2.24, 2.45) is 0 Å². The summed E-state index contributed by atoms with van der Waals surface area (Å²) in [6.07, 6.45) is 1.46. The number of carbonyl (C=O) groups is 1. The topological polar surface area (TPSA) is 100 Å². The number of aromatic nitrogens is 1. The third-order valence-corrected chi connectivity index (χ3v) is 4.86. The van der Waals surface area contributed by atoms with Gasteiger partial charge in [0.05, 0.1) is 11.4 Å². The van der Waals surface area contributed by atoms with Crippen LogP contribution in [0, 0.1) is 0 Å². The first kappa shape index (κ1) is 14.8. The van der Waals surface area contributed by atoms with Gasteiger partial charge in [-0.1, -0.05) is 18.2 Å². The van der Waals surface area contributed by atoms with Crippen molar-refractivity contribution in [1.29, 1.82) is 0 Å². The zero-order valence-corrected chi connectivity index (χ0v) is 13.5. The van der Waals surface area contributed by atoms with Crippen LogP contribution < -0.4 is 15.4 Å². The first-order valence-electron chi connectivity index (χ1n) is 6.25. The Morgan fingerprint density at radius 2 is 1.95 bits per heavy atom. The fraction of sp³-hybridized carbons (Fsp3) is 0.0769. The number of amides is 2. The molecule has 0 radical (unpaired) electrons. The molecule has 0 saturated carbocycles. The van der Waals surface area contributed by atoms with E-state index in [1.165, 1.54) is 6.20 Å². The number of hydrogen-bond acceptors (Lipinski definition) is 4. The molecule has 1 aromatic heterocycles. The van der Waals surface area contributed by atoms with Crippen molar-refractivity contribution >= 4 is 49.2 Å². The van der Waals surface area contributed by atoms with Crippen LogP contribution >= 0.6 is 15.9 Å². The van der Waals surface area contributed by atoms with Gasteiger partial charge in [-0.3, -0.25) is 10.0 Å². The van der Waals surface area contributed by atoms with Crippen LogP contribution in [0.25, 0.3) is 0 Å². The number of hydrogen-bond donors (Lipinski definition) is 3. The van der Waals surface area contributed by atoms with Gasteiger partial charge >= 0.3 is 6.03 Å². The first-order chi connectivity index (χ1) is 10.4. The molecule has 2 aromatic rings. The van der Waals surface area contributed by atoms with Crippen LogP contribution in [-0.2, 0) is 15.8 Å². The Hall–Kier alpha value is -2.13. The first-order valence-corrected chi connectivity index (χ1v) is 8.70. The number of halogens is 1. The average Bonchev–Trinajstić information content (AvgIpc) is 2.80. The Morgan fingerprint density at radius 3 is 2.68 bits per heavy atom. The Balaban J connectivity index is 1.83. The lowest BCUT2D eigenvalue weighted by Gasteiger charge is -2.10. The summed E-state index contributed by atoms with van der Waals surface area (Å²) in [5, 5.41) is 5.18. The van der Waals surface area contributed by atoms with Crippen molar-refractivity contribution in [3.8, 4) is 0 Å². The van der Waals surface area contributed by atoms with Gasteiger partial charge in [0, 0.05) is 21.9 Å². The molecule has 0 saturated heterocycles. The Bertz CT molecular complexity index is 840. The Morgan fingerprint density at radius 1 is 1.23 bits per heavy atom. The standard InChI is InChI=1S/C13H11BrN4O3S/c14-10-6-15-12(11-9(10)7-22(20,21)18-11)17-13(19)16-8-4-2-1-3-5-8/h1-6,18H,7H2,(H2,15,16,17,19). The summed E-state index contributed by atoms with van der Waals surface area (Å²) >= 11 is 3.26. The van der Waals surface area contributed by atoms with Crippen molar-refractivity contribution < 1.29 is 13.2 Å².